The first-order valence-corrected chi connectivity index (χ1v) is 8.48. The van der Waals surface area contributed by atoms with Gasteiger partial charge >= 0.3 is 5.97 Å². The topological polar surface area (TPSA) is 78.6 Å². The van der Waals surface area contributed by atoms with E-state index in [4.69, 9.17) is 26.8 Å². The number of thioether (sulfide) groups is 1. The molecule has 2 aromatic carbocycles. The molecule has 0 aliphatic carbocycles. The van der Waals surface area contributed by atoms with E-state index in [0.29, 0.717) is 21.2 Å². The van der Waals surface area contributed by atoms with E-state index in [1.807, 2.05) is 0 Å². The number of carbonyl (C=O) groups is 2. The fraction of sp³-hybridized carbons (Fsp3) is 0.176. The van der Waals surface area contributed by atoms with Crippen molar-refractivity contribution < 1.29 is 19.1 Å². The standard InChI is InChI=1S/C17H16ClNO4S/c18-12-5-7-13(8-6-12)22-9-10-23-17(21)14-3-1-2-4-15(14)24-11-16(19)20/h1-8H,9-11H2,(H2,19,20). The molecule has 126 valence electrons. The molecule has 5 nitrogen and oxygen atoms in total. The average Bonchev–Trinajstić information content (AvgIpc) is 2.58. The molecule has 24 heavy (non-hydrogen) atoms. The first kappa shape index (κ1) is 18.2. The number of nitrogens with two attached hydrogens (primary N) is 1. The van der Waals surface area contributed by atoms with Crippen molar-refractivity contribution in [2.24, 2.45) is 5.73 Å². The third-order valence-corrected chi connectivity index (χ3v) is 4.22. The Morgan fingerprint density at radius 2 is 1.75 bits per heavy atom. The maximum Gasteiger partial charge on any atom is 0.339 e. The van der Waals surface area contributed by atoms with Gasteiger partial charge in [0.2, 0.25) is 5.91 Å². The lowest BCUT2D eigenvalue weighted by atomic mass is 10.2. The molecule has 0 aliphatic rings. The first-order valence-electron chi connectivity index (χ1n) is 7.12. The smallest absolute Gasteiger partial charge is 0.339 e. The highest BCUT2D eigenvalue weighted by molar-refractivity contribution is 8.00. The summed E-state index contributed by atoms with van der Waals surface area (Å²) in [6.45, 7) is 0.334. The third-order valence-electron chi connectivity index (χ3n) is 2.88. The van der Waals surface area contributed by atoms with E-state index in [-0.39, 0.29) is 19.0 Å². The van der Waals surface area contributed by atoms with E-state index in [1.54, 1.807) is 48.5 Å². The summed E-state index contributed by atoms with van der Waals surface area (Å²) in [5, 5.41) is 0.624. The van der Waals surface area contributed by atoms with Crippen LogP contribution in [-0.2, 0) is 9.53 Å². The molecule has 2 N–H and O–H groups in total. The highest BCUT2D eigenvalue weighted by atomic mass is 35.5. The molecule has 0 bridgehead atoms. The Balaban J connectivity index is 1.84. The SMILES string of the molecule is NC(=O)CSc1ccccc1C(=O)OCCOc1ccc(Cl)cc1. The molecule has 2 aromatic rings. The molecule has 1 amide bonds. The normalized spacial score (nSPS) is 10.2. The van der Waals surface area contributed by atoms with Crippen LogP contribution in [0.5, 0.6) is 5.75 Å². The summed E-state index contributed by atoms with van der Waals surface area (Å²) in [7, 11) is 0. The number of benzene rings is 2. The maximum absolute atomic E-state index is 12.1. The molecule has 0 aromatic heterocycles. The number of primary amides is 1. The monoisotopic (exact) mass is 365 g/mol. The van der Waals surface area contributed by atoms with Gasteiger partial charge in [0, 0.05) is 9.92 Å². The van der Waals surface area contributed by atoms with Crippen LogP contribution in [0.3, 0.4) is 0 Å². The molecule has 0 spiro atoms. The van der Waals surface area contributed by atoms with Crippen LogP contribution in [0.4, 0.5) is 0 Å². The molecule has 0 fully saturated rings. The lowest BCUT2D eigenvalue weighted by Gasteiger charge is -2.10. The zero-order chi connectivity index (χ0) is 17.4. The number of esters is 1. The Morgan fingerprint density at radius 1 is 1.04 bits per heavy atom. The highest BCUT2D eigenvalue weighted by Gasteiger charge is 2.13. The molecule has 0 saturated heterocycles. The van der Waals surface area contributed by atoms with Crippen molar-refractivity contribution in [3.05, 3.63) is 59.1 Å². The van der Waals surface area contributed by atoms with Crippen LogP contribution in [-0.4, -0.2) is 30.8 Å². The van der Waals surface area contributed by atoms with Gasteiger partial charge in [0.25, 0.3) is 0 Å². The molecule has 0 atom stereocenters. The number of halogens is 1. The highest BCUT2D eigenvalue weighted by Crippen LogP contribution is 2.23. The van der Waals surface area contributed by atoms with Crippen molar-refractivity contribution in [2.75, 3.05) is 19.0 Å². The lowest BCUT2D eigenvalue weighted by Crippen LogP contribution is -2.15. The van der Waals surface area contributed by atoms with Gasteiger partial charge in [0.1, 0.15) is 19.0 Å². The predicted molar refractivity (Wildman–Crippen MR) is 93.6 cm³/mol. The van der Waals surface area contributed by atoms with Crippen molar-refractivity contribution in [1.29, 1.82) is 0 Å². The minimum atomic E-state index is -0.470. The van der Waals surface area contributed by atoms with Gasteiger partial charge in [-0.2, -0.15) is 0 Å². The number of carbonyl (C=O) groups excluding carboxylic acids is 2. The van der Waals surface area contributed by atoms with Crippen molar-refractivity contribution in [3.63, 3.8) is 0 Å². The summed E-state index contributed by atoms with van der Waals surface area (Å²) in [6, 6.07) is 13.8. The van der Waals surface area contributed by atoms with Crippen LogP contribution in [0.25, 0.3) is 0 Å². The van der Waals surface area contributed by atoms with Gasteiger partial charge in [0.15, 0.2) is 0 Å². The molecule has 7 heteroatoms. The van der Waals surface area contributed by atoms with Crippen LogP contribution in [0.15, 0.2) is 53.4 Å². The minimum Gasteiger partial charge on any atom is -0.490 e. The maximum atomic E-state index is 12.1. The van der Waals surface area contributed by atoms with Gasteiger partial charge in [-0.15, -0.1) is 11.8 Å². The summed E-state index contributed by atoms with van der Waals surface area (Å²) in [5.41, 5.74) is 5.53. The average molecular weight is 366 g/mol. The summed E-state index contributed by atoms with van der Waals surface area (Å²) in [4.78, 5) is 23.7. The van der Waals surface area contributed by atoms with Gasteiger partial charge < -0.3 is 15.2 Å². The van der Waals surface area contributed by atoms with Crippen molar-refractivity contribution in [1.82, 2.24) is 0 Å². The van der Waals surface area contributed by atoms with E-state index >= 15 is 0 Å². The fourth-order valence-corrected chi connectivity index (χ4v) is 2.72. The quantitative estimate of drug-likeness (QED) is 0.441. The number of ether oxygens (including phenoxy) is 2. The molecule has 0 aliphatic heterocycles. The van der Waals surface area contributed by atoms with Gasteiger partial charge in [0.05, 0.1) is 11.3 Å². The predicted octanol–water partition coefficient (Wildman–Crippen LogP) is 3.15. The molecule has 0 heterocycles. The molecule has 2 rings (SSSR count). The number of hydrogen-bond donors (Lipinski definition) is 1. The van der Waals surface area contributed by atoms with Gasteiger partial charge in [-0.05, 0) is 36.4 Å². The Kier molecular flexibility index (Phi) is 6.96. The molecule has 0 radical (unpaired) electrons. The zero-order valence-electron chi connectivity index (χ0n) is 12.7. The molecule has 0 unspecified atom stereocenters. The minimum absolute atomic E-state index is 0.101. The number of rotatable bonds is 8. The van der Waals surface area contributed by atoms with E-state index in [2.05, 4.69) is 0 Å². The first-order chi connectivity index (χ1) is 11.6. The number of hydrogen-bond acceptors (Lipinski definition) is 5. The van der Waals surface area contributed by atoms with Crippen molar-refractivity contribution >= 4 is 35.2 Å². The van der Waals surface area contributed by atoms with Gasteiger partial charge in [-0.25, -0.2) is 4.79 Å². The van der Waals surface area contributed by atoms with Crippen molar-refractivity contribution in [3.8, 4) is 5.75 Å². The third kappa shape index (κ3) is 5.79. The van der Waals surface area contributed by atoms with E-state index in [1.165, 1.54) is 11.8 Å². The van der Waals surface area contributed by atoms with Gasteiger partial charge in [-0.3, -0.25) is 4.79 Å². The van der Waals surface area contributed by atoms with Crippen LogP contribution in [0, 0.1) is 0 Å². The Bertz CT molecular complexity index is 706. The van der Waals surface area contributed by atoms with E-state index < -0.39 is 11.9 Å². The van der Waals surface area contributed by atoms with E-state index in [0.717, 1.165) is 0 Å². The summed E-state index contributed by atoms with van der Waals surface area (Å²) in [6.07, 6.45) is 0. The van der Waals surface area contributed by atoms with Gasteiger partial charge in [-0.1, -0.05) is 23.7 Å². The second-order valence-corrected chi connectivity index (χ2v) is 6.14. The summed E-state index contributed by atoms with van der Waals surface area (Å²) < 4.78 is 10.7. The molecular formula is C17H16ClNO4S. The fourth-order valence-electron chi connectivity index (χ4n) is 1.81. The van der Waals surface area contributed by atoms with Crippen LogP contribution in [0.2, 0.25) is 5.02 Å². The summed E-state index contributed by atoms with van der Waals surface area (Å²) >= 11 is 6.99. The Hall–Kier alpha value is -2.18. The Morgan fingerprint density at radius 3 is 2.46 bits per heavy atom. The summed E-state index contributed by atoms with van der Waals surface area (Å²) in [5.74, 6) is -0.168. The van der Waals surface area contributed by atoms with Crippen LogP contribution in [0.1, 0.15) is 10.4 Å². The molecular weight excluding hydrogens is 350 g/mol. The van der Waals surface area contributed by atoms with Crippen molar-refractivity contribution in [2.45, 2.75) is 4.90 Å². The zero-order valence-corrected chi connectivity index (χ0v) is 14.3. The second-order valence-electron chi connectivity index (χ2n) is 4.69. The molecule has 0 saturated carbocycles. The van der Waals surface area contributed by atoms with E-state index in [9.17, 15) is 9.59 Å². The number of amides is 1. The Labute approximate surface area is 149 Å². The lowest BCUT2D eigenvalue weighted by molar-refractivity contribution is -0.115. The van der Waals surface area contributed by atoms with Crippen LogP contribution < -0.4 is 10.5 Å². The second kappa shape index (κ2) is 9.20. The van der Waals surface area contributed by atoms with Crippen LogP contribution >= 0.6 is 23.4 Å². The largest absolute Gasteiger partial charge is 0.490 e.